The first-order chi connectivity index (χ1) is 12.5. The Labute approximate surface area is 152 Å². The predicted octanol–water partition coefficient (Wildman–Crippen LogP) is 0.588. The highest BCUT2D eigenvalue weighted by molar-refractivity contribution is 7.89. The summed E-state index contributed by atoms with van der Waals surface area (Å²) in [6, 6.07) is 4.67. The zero-order valence-corrected chi connectivity index (χ0v) is 15.2. The second kappa shape index (κ2) is 6.57. The van der Waals surface area contributed by atoms with E-state index in [4.69, 9.17) is 9.47 Å². The average molecular weight is 379 g/mol. The number of aromatic nitrogens is 2. The zero-order valence-electron chi connectivity index (χ0n) is 14.4. The van der Waals surface area contributed by atoms with Crippen molar-refractivity contribution in [2.45, 2.75) is 10.8 Å². The third-order valence-corrected chi connectivity index (χ3v) is 6.77. The van der Waals surface area contributed by atoms with Gasteiger partial charge in [-0.3, -0.25) is 4.68 Å². The maximum atomic E-state index is 13.1. The molecule has 0 unspecified atom stereocenters. The third-order valence-electron chi connectivity index (χ3n) is 4.95. The van der Waals surface area contributed by atoms with Crippen LogP contribution in [0, 0.1) is 5.92 Å². The van der Waals surface area contributed by atoms with Gasteiger partial charge in [0.25, 0.3) is 0 Å². The third kappa shape index (κ3) is 2.95. The normalized spacial score (nSPS) is 23.3. The van der Waals surface area contributed by atoms with Crippen molar-refractivity contribution >= 4 is 10.0 Å². The lowest BCUT2D eigenvalue weighted by Crippen LogP contribution is -2.29. The summed E-state index contributed by atoms with van der Waals surface area (Å²) in [5, 5.41) is 13.9. The monoisotopic (exact) mass is 379 g/mol. The summed E-state index contributed by atoms with van der Waals surface area (Å²) in [6.07, 6.45) is 3.60. The van der Waals surface area contributed by atoms with E-state index in [2.05, 4.69) is 5.10 Å². The Hall–Kier alpha value is -2.10. The van der Waals surface area contributed by atoms with Gasteiger partial charge in [-0.25, -0.2) is 8.42 Å². The van der Waals surface area contributed by atoms with Crippen LogP contribution < -0.4 is 9.47 Å². The fraction of sp³-hybridized carbons (Fsp3) is 0.471. The first-order valence-corrected chi connectivity index (χ1v) is 9.92. The van der Waals surface area contributed by atoms with Crippen LogP contribution >= 0.6 is 0 Å². The minimum atomic E-state index is -3.69. The Balaban J connectivity index is 1.62. The van der Waals surface area contributed by atoms with E-state index in [0.717, 1.165) is 5.56 Å². The summed E-state index contributed by atoms with van der Waals surface area (Å²) in [5.41, 5.74) is 0.937. The molecule has 3 heterocycles. The number of hydrogen-bond acceptors (Lipinski definition) is 6. The maximum absolute atomic E-state index is 13.1. The maximum Gasteiger partial charge on any atom is 0.243 e. The topological polar surface area (TPSA) is 93.9 Å². The van der Waals surface area contributed by atoms with E-state index in [0.29, 0.717) is 31.3 Å². The van der Waals surface area contributed by atoms with E-state index in [9.17, 15) is 13.5 Å². The quantitative estimate of drug-likeness (QED) is 0.836. The van der Waals surface area contributed by atoms with Crippen molar-refractivity contribution in [2.24, 2.45) is 13.0 Å². The number of sulfonamides is 1. The van der Waals surface area contributed by atoms with Crippen LogP contribution in [0.1, 0.15) is 11.5 Å². The SMILES string of the molecule is Cn1cc([C@@H]2CN(S(=O)(=O)c3ccc4c(c3)OCCO4)C[C@H]2CO)cn1. The highest BCUT2D eigenvalue weighted by Gasteiger charge is 2.40. The molecule has 8 nitrogen and oxygen atoms in total. The molecule has 2 atom stereocenters. The Bertz CT molecular complexity index is 911. The lowest BCUT2D eigenvalue weighted by Gasteiger charge is -2.21. The molecule has 1 aromatic carbocycles. The Morgan fingerprint density at radius 3 is 2.69 bits per heavy atom. The van der Waals surface area contributed by atoms with Gasteiger partial charge in [-0.2, -0.15) is 9.40 Å². The summed E-state index contributed by atoms with van der Waals surface area (Å²) in [4.78, 5) is 0.172. The molecule has 0 bridgehead atoms. The number of aliphatic hydroxyl groups excluding tert-OH is 1. The number of ether oxygens (including phenoxy) is 2. The minimum Gasteiger partial charge on any atom is -0.486 e. The van der Waals surface area contributed by atoms with Crippen LogP contribution in [-0.4, -0.2) is 60.5 Å². The van der Waals surface area contributed by atoms with Crippen LogP contribution in [0.15, 0.2) is 35.5 Å². The molecule has 9 heteroatoms. The summed E-state index contributed by atoms with van der Waals surface area (Å²) in [7, 11) is -1.87. The number of aliphatic hydroxyl groups is 1. The van der Waals surface area contributed by atoms with Gasteiger partial charge in [-0.15, -0.1) is 0 Å². The summed E-state index contributed by atoms with van der Waals surface area (Å²) >= 11 is 0. The standard InChI is InChI=1S/C17H21N3O5S/c1-19-8-12(7-18-19)15-10-20(9-13(15)11-21)26(22,23)14-2-3-16-17(6-14)25-5-4-24-16/h2-3,6-8,13,15,21H,4-5,9-11H2,1H3/t13-,15-/m0/s1. The first-order valence-electron chi connectivity index (χ1n) is 8.48. The number of aryl methyl sites for hydroxylation is 1. The van der Waals surface area contributed by atoms with Crippen molar-refractivity contribution in [3.8, 4) is 11.5 Å². The number of fused-ring (bicyclic) bond motifs is 1. The van der Waals surface area contributed by atoms with Gasteiger partial charge in [0.2, 0.25) is 10.0 Å². The van der Waals surface area contributed by atoms with Crippen molar-refractivity contribution in [3.63, 3.8) is 0 Å². The van der Waals surface area contributed by atoms with E-state index >= 15 is 0 Å². The molecule has 4 rings (SSSR count). The minimum absolute atomic E-state index is 0.0767. The molecule has 26 heavy (non-hydrogen) atoms. The number of rotatable bonds is 4. The molecule has 0 aliphatic carbocycles. The van der Waals surface area contributed by atoms with Crippen LogP contribution in [0.5, 0.6) is 11.5 Å². The number of hydrogen-bond donors (Lipinski definition) is 1. The van der Waals surface area contributed by atoms with Crippen molar-refractivity contribution in [2.75, 3.05) is 32.9 Å². The van der Waals surface area contributed by atoms with Crippen LogP contribution in [0.25, 0.3) is 0 Å². The number of benzene rings is 1. The van der Waals surface area contributed by atoms with Gasteiger partial charge >= 0.3 is 0 Å². The predicted molar refractivity (Wildman–Crippen MR) is 92.7 cm³/mol. The summed E-state index contributed by atoms with van der Waals surface area (Å²) in [6.45, 7) is 1.36. The fourth-order valence-electron chi connectivity index (χ4n) is 3.56. The molecule has 1 N–H and O–H groups in total. The second-order valence-electron chi connectivity index (χ2n) is 6.62. The zero-order chi connectivity index (χ0) is 18.3. The number of nitrogens with zero attached hydrogens (tertiary/aromatic N) is 3. The van der Waals surface area contributed by atoms with Gasteiger partial charge in [0.05, 0.1) is 11.1 Å². The molecule has 1 fully saturated rings. The highest BCUT2D eigenvalue weighted by atomic mass is 32.2. The van der Waals surface area contributed by atoms with Crippen LogP contribution in [-0.2, 0) is 17.1 Å². The second-order valence-corrected chi connectivity index (χ2v) is 8.56. The molecule has 1 saturated heterocycles. The van der Waals surface area contributed by atoms with E-state index < -0.39 is 10.0 Å². The summed E-state index contributed by atoms with van der Waals surface area (Å²) < 4.78 is 40.2. The highest BCUT2D eigenvalue weighted by Crippen LogP contribution is 2.37. The van der Waals surface area contributed by atoms with Crippen LogP contribution in [0.2, 0.25) is 0 Å². The van der Waals surface area contributed by atoms with Crippen LogP contribution in [0.4, 0.5) is 0 Å². The molecular formula is C17H21N3O5S. The molecule has 140 valence electrons. The van der Waals surface area contributed by atoms with Crippen LogP contribution in [0.3, 0.4) is 0 Å². The fourth-order valence-corrected chi connectivity index (χ4v) is 5.09. The van der Waals surface area contributed by atoms with Gasteiger partial charge in [-0.1, -0.05) is 0 Å². The van der Waals surface area contributed by atoms with Gasteiger partial charge in [0, 0.05) is 50.8 Å². The molecular weight excluding hydrogens is 358 g/mol. The van der Waals surface area contributed by atoms with Gasteiger partial charge in [-0.05, 0) is 17.7 Å². The van der Waals surface area contributed by atoms with E-state index in [1.165, 1.54) is 16.4 Å². The first kappa shape index (κ1) is 17.3. The van der Waals surface area contributed by atoms with Gasteiger partial charge in [0.1, 0.15) is 13.2 Å². The molecule has 2 aliphatic rings. The molecule has 0 radical (unpaired) electrons. The Morgan fingerprint density at radius 2 is 2.00 bits per heavy atom. The summed E-state index contributed by atoms with van der Waals surface area (Å²) in [5.74, 6) is 0.754. The average Bonchev–Trinajstić information content (AvgIpc) is 3.27. The van der Waals surface area contributed by atoms with E-state index in [1.807, 2.05) is 13.2 Å². The lowest BCUT2D eigenvalue weighted by atomic mass is 9.92. The van der Waals surface area contributed by atoms with Crippen molar-refractivity contribution < 1.29 is 23.0 Å². The largest absolute Gasteiger partial charge is 0.486 e. The molecule has 0 saturated carbocycles. The molecule has 0 spiro atoms. The molecule has 0 amide bonds. The lowest BCUT2D eigenvalue weighted by molar-refractivity contribution is 0.171. The smallest absolute Gasteiger partial charge is 0.243 e. The molecule has 2 aliphatic heterocycles. The Morgan fingerprint density at radius 1 is 1.23 bits per heavy atom. The molecule has 2 aromatic rings. The Kier molecular flexibility index (Phi) is 4.37. The van der Waals surface area contributed by atoms with Crippen molar-refractivity contribution in [1.29, 1.82) is 0 Å². The van der Waals surface area contributed by atoms with Gasteiger partial charge in [0.15, 0.2) is 11.5 Å². The molecule has 1 aromatic heterocycles. The van der Waals surface area contributed by atoms with E-state index in [-0.39, 0.29) is 29.9 Å². The van der Waals surface area contributed by atoms with Crippen molar-refractivity contribution in [3.05, 3.63) is 36.2 Å². The van der Waals surface area contributed by atoms with E-state index in [1.54, 1.807) is 16.9 Å². The van der Waals surface area contributed by atoms with Gasteiger partial charge < -0.3 is 14.6 Å². The van der Waals surface area contributed by atoms with Crippen molar-refractivity contribution in [1.82, 2.24) is 14.1 Å².